The molecule has 0 radical (unpaired) electrons. The third kappa shape index (κ3) is 5.07. The van der Waals surface area contributed by atoms with Crippen molar-refractivity contribution in [2.75, 3.05) is 13.2 Å². The number of amides is 1. The van der Waals surface area contributed by atoms with E-state index < -0.39 is 6.09 Å². The summed E-state index contributed by atoms with van der Waals surface area (Å²) in [7, 11) is 0. The molecule has 0 aromatic carbocycles. The second-order valence-corrected chi connectivity index (χ2v) is 2.66. The lowest BCUT2D eigenvalue weighted by atomic mass is 10.2. The normalized spacial score (nSPS) is 9.00. The van der Waals surface area contributed by atoms with Gasteiger partial charge in [-0.25, -0.2) is 9.69 Å². The van der Waals surface area contributed by atoms with Crippen molar-refractivity contribution in [3.05, 3.63) is 0 Å². The van der Waals surface area contributed by atoms with Crippen molar-refractivity contribution in [2.45, 2.75) is 33.1 Å². The van der Waals surface area contributed by atoms with E-state index in [0.29, 0.717) is 13.2 Å². The molecule has 0 unspecified atom stereocenters. The van der Waals surface area contributed by atoms with Gasteiger partial charge in [0.1, 0.15) is 0 Å². The van der Waals surface area contributed by atoms with Gasteiger partial charge in [-0.2, -0.15) is 5.26 Å². The molecule has 0 atom stereocenters. The Kier molecular flexibility index (Phi) is 6.70. The van der Waals surface area contributed by atoms with Crippen LogP contribution in [0.1, 0.15) is 33.1 Å². The third-order valence-electron chi connectivity index (χ3n) is 1.59. The quantitative estimate of drug-likeness (QED) is 0.373. The van der Waals surface area contributed by atoms with Crippen LogP contribution in [-0.2, 0) is 4.74 Å². The zero-order valence-electron chi connectivity index (χ0n) is 8.25. The number of hydrogen-bond donors (Lipinski definition) is 0. The minimum atomic E-state index is -0.541. The predicted octanol–water partition coefficient (Wildman–Crippen LogP) is 2.12. The fraction of sp³-hybridized carbons (Fsp3) is 0.778. The van der Waals surface area contributed by atoms with E-state index in [4.69, 9.17) is 10.00 Å². The smallest absolute Gasteiger partial charge is 0.423 e. The number of unbranched alkanes of at least 4 members (excludes halogenated alkanes) is 2. The summed E-state index contributed by atoms with van der Waals surface area (Å²) in [6.45, 7) is 4.56. The average Bonchev–Trinajstić information content (AvgIpc) is 2.13. The summed E-state index contributed by atoms with van der Waals surface area (Å²) < 4.78 is 4.69. The SMILES string of the molecule is CCCCCN(C#N)C(=O)OCC. The van der Waals surface area contributed by atoms with Crippen molar-refractivity contribution in [3.63, 3.8) is 0 Å². The molecule has 0 rings (SSSR count). The Morgan fingerprint density at radius 3 is 2.62 bits per heavy atom. The van der Waals surface area contributed by atoms with Crippen LogP contribution in [0, 0.1) is 11.5 Å². The van der Waals surface area contributed by atoms with Crippen LogP contribution in [-0.4, -0.2) is 24.1 Å². The minimum absolute atomic E-state index is 0.310. The van der Waals surface area contributed by atoms with E-state index in [1.165, 1.54) is 0 Å². The summed E-state index contributed by atoms with van der Waals surface area (Å²) in [6, 6.07) is 0. The van der Waals surface area contributed by atoms with E-state index >= 15 is 0 Å². The number of carbonyl (C=O) groups excluding carboxylic acids is 1. The highest BCUT2D eigenvalue weighted by Gasteiger charge is 2.12. The Morgan fingerprint density at radius 1 is 1.46 bits per heavy atom. The van der Waals surface area contributed by atoms with Gasteiger partial charge in [-0.1, -0.05) is 19.8 Å². The first-order valence-corrected chi connectivity index (χ1v) is 4.60. The summed E-state index contributed by atoms with van der Waals surface area (Å²) in [6.07, 6.45) is 4.21. The van der Waals surface area contributed by atoms with Gasteiger partial charge in [0, 0.05) is 6.54 Å². The molecule has 0 saturated heterocycles. The zero-order valence-corrected chi connectivity index (χ0v) is 8.25. The number of nitrogens with zero attached hydrogens (tertiary/aromatic N) is 2. The monoisotopic (exact) mass is 184 g/mol. The standard InChI is InChI=1S/C9H16N2O2/c1-3-5-6-7-11(8-10)9(12)13-4-2/h3-7H2,1-2H3. The molecule has 13 heavy (non-hydrogen) atoms. The second-order valence-electron chi connectivity index (χ2n) is 2.66. The molecule has 0 aromatic rings. The van der Waals surface area contributed by atoms with E-state index in [0.717, 1.165) is 24.2 Å². The van der Waals surface area contributed by atoms with Gasteiger partial charge in [0.05, 0.1) is 6.61 Å². The van der Waals surface area contributed by atoms with Crippen LogP contribution < -0.4 is 0 Å². The summed E-state index contributed by atoms with van der Waals surface area (Å²) in [4.78, 5) is 12.1. The molecule has 74 valence electrons. The van der Waals surface area contributed by atoms with E-state index in [2.05, 4.69) is 6.92 Å². The lowest BCUT2D eigenvalue weighted by Crippen LogP contribution is -2.27. The fourth-order valence-corrected chi connectivity index (χ4v) is 0.903. The molecule has 0 N–H and O–H groups in total. The highest BCUT2D eigenvalue weighted by atomic mass is 16.6. The second kappa shape index (κ2) is 7.41. The van der Waals surface area contributed by atoms with Gasteiger partial charge < -0.3 is 4.74 Å². The molecule has 0 fully saturated rings. The Hall–Kier alpha value is -1.24. The molecule has 4 heteroatoms. The molecule has 0 aliphatic carbocycles. The first kappa shape index (κ1) is 11.8. The Balaban J connectivity index is 3.76. The van der Waals surface area contributed by atoms with Crippen LogP contribution in [0.4, 0.5) is 4.79 Å². The van der Waals surface area contributed by atoms with Crippen LogP contribution in [0.15, 0.2) is 0 Å². The van der Waals surface area contributed by atoms with Gasteiger partial charge in [-0.15, -0.1) is 0 Å². The molecule has 0 saturated carbocycles. The zero-order chi connectivity index (χ0) is 10.1. The molecule has 0 spiro atoms. The summed E-state index contributed by atoms with van der Waals surface area (Å²) in [5.41, 5.74) is 0. The largest absolute Gasteiger partial charge is 0.449 e. The molecule has 1 amide bonds. The van der Waals surface area contributed by atoms with E-state index in [9.17, 15) is 4.79 Å². The minimum Gasteiger partial charge on any atom is -0.449 e. The summed E-state index contributed by atoms with van der Waals surface area (Å²) >= 11 is 0. The van der Waals surface area contributed by atoms with Gasteiger partial charge in [-0.05, 0) is 13.3 Å². The highest BCUT2D eigenvalue weighted by molar-refractivity contribution is 5.69. The van der Waals surface area contributed by atoms with Gasteiger partial charge in [0.2, 0.25) is 0 Å². The number of ether oxygens (including phenoxy) is 1. The number of hydrogen-bond acceptors (Lipinski definition) is 3. The van der Waals surface area contributed by atoms with E-state index in [1.807, 2.05) is 0 Å². The van der Waals surface area contributed by atoms with Gasteiger partial charge in [-0.3, -0.25) is 0 Å². The molecule has 0 aliphatic rings. The average molecular weight is 184 g/mol. The first-order valence-electron chi connectivity index (χ1n) is 4.60. The Labute approximate surface area is 79.1 Å². The number of rotatable bonds is 5. The molecule has 0 bridgehead atoms. The van der Waals surface area contributed by atoms with Gasteiger partial charge in [0.15, 0.2) is 6.19 Å². The Morgan fingerprint density at radius 2 is 2.15 bits per heavy atom. The first-order chi connectivity index (χ1) is 6.26. The lowest BCUT2D eigenvalue weighted by molar-refractivity contribution is 0.124. The van der Waals surface area contributed by atoms with Crippen molar-refractivity contribution < 1.29 is 9.53 Å². The number of carbonyl (C=O) groups is 1. The number of nitriles is 1. The van der Waals surface area contributed by atoms with E-state index in [-0.39, 0.29) is 0 Å². The summed E-state index contributed by atoms with van der Waals surface area (Å²) in [5.74, 6) is 0. The summed E-state index contributed by atoms with van der Waals surface area (Å²) in [5, 5.41) is 8.60. The van der Waals surface area contributed by atoms with Crippen molar-refractivity contribution in [1.82, 2.24) is 4.90 Å². The Bertz CT molecular complexity index is 187. The maximum atomic E-state index is 11.0. The van der Waals surface area contributed by atoms with Crippen LogP contribution in [0.25, 0.3) is 0 Å². The highest BCUT2D eigenvalue weighted by Crippen LogP contribution is 1.99. The van der Waals surface area contributed by atoms with Gasteiger partial charge in [0.25, 0.3) is 0 Å². The predicted molar refractivity (Wildman–Crippen MR) is 48.9 cm³/mol. The van der Waals surface area contributed by atoms with Crippen LogP contribution in [0.3, 0.4) is 0 Å². The van der Waals surface area contributed by atoms with Crippen molar-refractivity contribution >= 4 is 6.09 Å². The van der Waals surface area contributed by atoms with Gasteiger partial charge >= 0.3 is 6.09 Å². The van der Waals surface area contributed by atoms with Crippen LogP contribution in [0.5, 0.6) is 0 Å². The molecule has 4 nitrogen and oxygen atoms in total. The maximum absolute atomic E-state index is 11.0. The van der Waals surface area contributed by atoms with Crippen molar-refractivity contribution in [3.8, 4) is 6.19 Å². The molecular weight excluding hydrogens is 168 g/mol. The van der Waals surface area contributed by atoms with Crippen LogP contribution >= 0.6 is 0 Å². The lowest BCUT2D eigenvalue weighted by Gasteiger charge is -2.12. The van der Waals surface area contributed by atoms with Crippen molar-refractivity contribution in [1.29, 1.82) is 5.26 Å². The molecule has 0 heterocycles. The molecular formula is C9H16N2O2. The van der Waals surface area contributed by atoms with E-state index in [1.54, 1.807) is 13.1 Å². The van der Waals surface area contributed by atoms with Crippen molar-refractivity contribution in [2.24, 2.45) is 0 Å². The maximum Gasteiger partial charge on any atom is 0.423 e. The topological polar surface area (TPSA) is 53.3 Å². The van der Waals surface area contributed by atoms with Crippen LogP contribution in [0.2, 0.25) is 0 Å². The third-order valence-corrected chi connectivity index (χ3v) is 1.59. The molecule has 0 aromatic heterocycles. The fourth-order valence-electron chi connectivity index (χ4n) is 0.903. The molecule has 0 aliphatic heterocycles.